The van der Waals surface area contributed by atoms with Gasteiger partial charge in [-0.1, -0.05) is 54.7 Å². The highest BCUT2D eigenvalue weighted by molar-refractivity contribution is 5.89. The van der Waals surface area contributed by atoms with Crippen LogP contribution in [0.4, 0.5) is 0 Å². The second-order valence-electron chi connectivity index (χ2n) is 11.9. The number of hydroxylamine groups is 4. The number of rotatable bonds is 15. The minimum Gasteiger partial charge on any atom is -0.392 e. The minimum absolute atomic E-state index is 0.150. The Labute approximate surface area is 236 Å². The van der Waals surface area contributed by atoms with E-state index in [1.54, 1.807) is 0 Å². The van der Waals surface area contributed by atoms with E-state index in [1.807, 2.05) is 41.5 Å². The Bertz CT molecular complexity index is 895. The average Bonchev–Trinajstić information content (AvgIpc) is 2.73. The third-order valence-electron chi connectivity index (χ3n) is 4.50. The van der Waals surface area contributed by atoms with Gasteiger partial charge in [-0.05, 0) is 37.5 Å². The Balaban J connectivity index is 4.61. The molecule has 12 nitrogen and oxygen atoms in total. The number of esters is 4. The molecule has 0 unspecified atom stereocenters. The van der Waals surface area contributed by atoms with Crippen LogP contribution >= 0.6 is 0 Å². The van der Waals surface area contributed by atoms with Crippen LogP contribution in [0.1, 0.15) is 81.1 Å². The predicted molar refractivity (Wildman–Crippen MR) is 145 cm³/mol. The fraction of sp³-hybridized carbons (Fsp3) is 0.643. The van der Waals surface area contributed by atoms with E-state index in [2.05, 4.69) is 13.2 Å². The lowest BCUT2D eigenvalue weighted by Gasteiger charge is -2.27. The summed E-state index contributed by atoms with van der Waals surface area (Å²) >= 11 is 0. The number of hydrogen-bond acceptors (Lipinski definition) is 12. The normalized spacial score (nSPS) is 11.6. The molecule has 0 aliphatic rings. The zero-order valence-corrected chi connectivity index (χ0v) is 25.0. The topological polar surface area (TPSA) is 146 Å². The standard InChI is InChI=1S/C28H44N2O10/c1-19(2)25(35)39-29(17-27(5,6)7)15-23(33)37-21(31)13-11-12-14-22(32)38-24(34)16-30(18-28(8,9)10)40-26(36)20(3)4/h1,3,11-18H2,2,4-10H3. The van der Waals surface area contributed by atoms with Gasteiger partial charge in [-0.2, -0.15) is 0 Å². The molecule has 0 atom stereocenters. The zero-order chi connectivity index (χ0) is 31.3. The molecule has 0 bridgehead atoms. The second kappa shape index (κ2) is 16.7. The molecule has 0 heterocycles. The summed E-state index contributed by atoms with van der Waals surface area (Å²) in [4.78, 5) is 82.4. The maximum Gasteiger partial charge on any atom is 0.352 e. The van der Waals surface area contributed by atoms with Crippen LogP contribution in [0.3, 0.4) is 0 Å². The quantitative estimate of drug-likeness (QED) is 0.0937. The molecule has 0 aromatic heterocycles. The SMILES string of the molecule is C=C(C)C(=O)ON(CC(=O)OC(=O)CCCCC(=O)OC(=O)CN(CC(C)(C)C)OC(=O)C(=C)C)CC(C)(C)C. The highest BCUT2D eigenvalue weighted by atomic mass is 16.7. The lowest BCUT2D eigenvalue weighted by Crippen LogP contribution is -2.39. The van der Waals surface area contributed by atoms with Gasteiger partial charge in [0.2, 0.25) is 0 Å². The van der Waals surface area contributed by atoms with E-state index >= 15 is 0 Å². The minimum atomic E-state index is -0.902. The van der Waals surface area contributed by atoms with Gasteiger partial charge in [-0.25, -0.2) is 9.59 Å². The van der Waals surface area contributed by atoms with E-state index in [4.69, 9.17) is 19.1 Å². The van der Waals surface area contributed by atoms with E-state index in [9.17, 15) is 28.8 Å². The van der Waals surface area contributed by atoms with Gasteiger partial charge >= 0.3 is 35.8 Å². The van der Waals surface area contributed by atoms with E-state index in [1.165, 1.54) is 13.8 Å². The molecule has 0 aliphatic carbocycles. The number of unbranched alkanes of at least 4 members (excludes halogenated alkanes) is 1. The molecule has 12 heteroatoms. The molecule has 0 aromatic rings. The van der Waals surface area contributed by atoms with Gasteiger partial charge in [0.1, 0.15) is 13.1 Å². The van der Waals surface area contributed by atoms with Crippen molar-refractivity contribution in [3.8, 4) is 0 Å². The molecule has 0 saturated carbocycles. The van der Waals surface area contributed by atoms with Crippen molar-refractivity contribution >= 4 is 35.8 Å². The smallest absolute Gasteiger partial charge is 0.352 e. The van der Waals surface area contributed by atoms with Crippen LogP contribution in [0.25, 0.3) is 0 Å². The molecule has 0 aromatic carbocycles. The molecular weight excluding hydrogens is 524 g/mol. The Hall–Kier alpha value is -3.38. The van der Waals surface area contributed by atoms with Crippen LogP contribution in [0, 0.1) is 10.8 Å². The lowest BCUT2D eigenvalue weighted by atomic mass is 9.97. The van der Waals surface area contributed by atoms with Crippen molar-refractivity contribution in [2.24, 2.45) is 10.8 Å². The molecule has 0 aliphatic heterocycles. The highest BCUT2D eigenvalue weighted by Crippen LogP contribution is 2.17. The van der Waals surface area contributed by atoms with Gasteiger partial charge in [-0.3, -0.25) is 19.2 Å². The van der Waals surface area contributed by atoms with Crippen molar-refractivity contribution < 1.29 is 47.9 Å². The van der Waals surface area contributed by atoms with Crippen molar-refractivity contribution in [2.75, 3.05) is 26.2 Å². The molecule has 0 amide bonds. The molecule has 0 saturated heterocycles. The van der Waals surface area contributed by atoms with Crippen LogP contribution in [-0.4, -0.2) is 72.1 Å². The van der Waals surface area contributed by atoms with E-state index in [-0.39, 0.29) is 60.7 Å². The number of hydrogen-bond donors (Lipinski definition) is 0. The summed E-state index contributed by atoms with van der Waals surface area (Å²) in [5.41, 5.74) is -0.348. The van der Waals surface area contributed by atoms with Crippen LogP contribution in [-0.2, 0) is 47.9 Å². The van der Waals surface area contributed by atoms with Crippen molar-refractivity contribution in [3.05, 3.63) is 24.3 Å². The Kier molecular flexibility index (Phi) is 15.3. The van der Waals surface area contributed by atoms with E-state index in [0.717, 1.165) is 10.1 Å². The summed E-state index contributed by atoms with van der Waals surface area (Å²) in [6.45, 7) is 20.7. The third-order valence-corrected chi connectivity index (χ3v) is 4.50. The fourth-order valence-corrected chi connectivity index (χ4v) is 2.94. The molecule has 226 valence electrons. The van der Waals surface area contributed by atoms with Gasteiger partial charge in [0.05, 0.1) is 0 Å². The zero-order valence-electron chi connectivity index (χ0n) is 25.0. The molecular formula is C28H44N2O10. The largest absolute Gasteiger partial charge is 0.392 e. The summed E-state index contributed by atoms with van der Waals surface area (Å²) in [6, 6.07) is 0. The van der Waals surface area contributed by atoms with E-state index in [0.29, 0.717) is 0 Å². The molecule has 0 fully saturated rings. The molecule has 0 radical (unpaired) electrons. The highest BCUT2D eigenvalue weighted by Gasteiger charge is 2.26. The van der Waals surface area contributed by atoms with Crippen LogP contribution < -0.4 is 0 Å². The van der Waals surface area contributed by atoms with Crippen LogP contribution in [0.2, 0.25) is 0 Å². The van der Waals surface area contributed by atoms with Crippen molar-refractivity contribution in [1.82, 2.24) is 10.1 Å². The monoisotopic (exact) mass is 568 g/mol. The number of carbonyl (C=O) groups excluding carboxylic acids is 6. The molecule has 0 N–H and O–H groups in total. The Morgan fingerprint density at radius 2 is 0.875 bits per heavy atom. The van der Waals surface area contributed by atoms with E-state index < -0.39 is 48.9 Å². The first-order chi connectivity index (χ1) is 18.2. The Morgan fingerprint density at radius 1 is 0.575 bits per heavy atom. The average molecular weight is 569 g/mol. The molecule has 40 heavy (non-hydrogen) atoms. The first kappa shape index (κ1) is 36.6. The summed E-state index contributed by atoms with van der Waals surface area (Å²) in [5.74, 6) is -4.84. The fourth-order valence-electron chi connectivity index (χ4n) is 2.94. The van der Waals surface area contributed by atoms with Crippen LogP contribution in [0.5, 0.6) is 0 Å². The van der Waals surface area contributed by atoms with Gasteiger partial charge in [0.25, 0.3) is 0 Å². The summed E-state index contributed by atoms with van der Waals surface area (Å²) < 4.78 is 9.57. The van der Waals surface area contributed by atoms with Gasteiger partial charge in [0, 0.05) is 37.1 Å². The van der Waals surface area contributed by atoms with Crippen LogP contribution in [0.15, 0.2) is 24.3 Å². The van der Waals surface area contributed by atoms with Gasteiger partial charge in [-0.15, -0.1) is 10.1 Å². The summed E-state index contributed by atoms with van der Waals surface area (Å²) in [5, 5.41) is 2.23. The number of carbonyl (C=O) groups is 6. The summed E-state index contributed by atoms with van der Waals surface area (Å²) in [6.07, 6.45) is 0.0677. The second-order valence-corrected chi connectivity index (χ2v) is 11.9. The Morgan fingerprint density at radius 3 is 1.12 bits per heavy atom. The van der Waals surface area contributed by atoms with Gasteiger partial charge < -0.3 is 19.1 Å². The van der Waals surface area contributed by atoms with Crippen molar-refractivity contribution in [1.29, 1.82) is 0 Å². The predicted octanol–water partition coefficient (Wildman–Crippen LogP) is 3.45. The number of nitrogens with zero attached hydrogens (tertiary/aromatic N) is 2. The summed E-state index contributed by atoms with van der Waals surface area (Å²) in [7, 11) is 0. The van der Waals surface area contributed by atoms with Crippen molar-refractivity contribution in [3.63, 3.8) is 0 Å². The molecule has 0 spiro atoms. The first-order valence-corrected chi connectivity index (χ1v) is 12.9. The maximum atomic E-state index is 12.2. The first-order valence-electron chi connectivity index (χ1n) is 12.9. The molecule has 0 rings (SSSR count). The maximum absolute atomic E-state index is 12.2. The third kappa shape index (κ3) is 18.8. The number of ether oxygens (including phenoxy) is 2. The van der Waals surface area contributed by atoms with Crippen molar-refractivity contribution in [2.45, 2.75) is 81.1 Å². The lowest BCUT2D eigenvalue weighted by molar-refractivity contribution is -0.198. The van der Waals surface area contributed by atoms with Gasteiger partial charge in [0.15, 0.2) is 0 Å².